The molecular formula is C13H19NO3. The van der Waals surface area contributed by atoms with E-state index in [-0.39, 0.29) is 18.6 Å². The summed E-state index contributed by atoms with van der Waals surface area (Å²) in [4.78, 5) is 10.9. The second kappa shape index (κ2) is 5.29. The lowest BCUT2D eigenvalue weighted by atomic mass is 9.82. The molecule has 0 bridgehead atoms. The number of esters is 1. The molecule has 0 spiro atoms. The molecule has 0 amide bonds. The molecule has 0 aliphatic carbocycles. The van der Waals surface area contributed by atoms with E-state index in [1.807, 2.05) is 19.9 Å². The van der Waals surface area contributed by atoms with Crippen LogP contribution in [0, 0.1) is 5.41 Å². The highest BCUT2D eigenvalue weighted by Gasteiger charge is 2.27. The smallest absolute Gasteiger partial charge is 0.308 e. The summed E-state index contributed by atoms with van der Waals surface area (Å²) in [7, 11) is 0. The fraction of sp³-hybridized carbons (Fsp3) is 0.462. The number of hydrogen-bond acceptors (Lipinski definition) is 4. The van der Waals surface area contributed by atoms with Crippen molar-refractivity contribution in [2.75, 3.05) is 6.61 Å². The molecule has 0 aliphatic heterocycles. The SMILES string of the molecule is CC(=O)Oc1cccc([C@H](N)C(C)(C)CO)c1. The van der Waals surface area contributed by atoms with Crippen LogP contribution in [0.4, 0.5) is 0 Å². The summed E-state index contributed by atoms with van der Waals surface area (Å²) in [5.74, 6) is 0.108. The van der Waals surface area contributed by atoms with Gasteiger partial charge in [0, 0.05) is 25.0 Å². The van der Waals surface area contributed by atoms with Crippen LogP contribution in [0.5, 0.6) is 5.75 Å². The normalized spacial score (nSPS) is 13.2. The maximum Gasteiger partial charge on any atom is 0.308 e. The Kier molecular flexibility index (Phi) is 4.26. The van der Waals surface area contributed by atoms with E-state index in [0.29, 0.717) is 5.75 Å². The number of ether oxygens (including phenoxy) is 1. The third-order valence-corrected chi connectivity index (χ3v) is 2.73. The number of hydrogen-bond donors (Lipinski definition) is 2. The first kappa shape index (κ1) is 13.7. The molecule has 0 aliphatic rings. The predicted octanol–water partition coefficient (Wildman–Crippen LogP) is 1.63. The van der Waals surface area contributed by atoms with Crippen molar-refractivity contribution in [3.63, 3.8) is 0 Å². The fourth-order valence-corrected chi connectivity index (χ4v) is 1.49. The molecule has 1 atom stereocenters. The Morgan fingerprint density at radius 3 is 2.71 bits per heavy atom. The largest absolute Gasteiger partial charge is 0.427 e. The molecule has 1 aromatic carbocycles. The molecule has 1 aromatic rings. The second-order valence-electron chi connectivity index (χ2n) is 4.79. The predicted molar refractivity (Wildman–Crippen MR) is 65.5 cm³/mol. The van der Waals surface area contributed by atoms with E-state index < -0.39 is 5.41 Å². The lowest BCUT2D eigenvalue weighted by Gasteiger charge is -2.29. The van der Waals surface area contributed by atoms with Gasteiger partial charge in [0.15, 0.2) is 0 Å². The molecule has 3 N–H and O–H groups in total. The van der Waals surface area contributed by atoms with Gasteiger partial charge >= 0.3 is 5.97 Å². The molecule has 1 rings (SSSR count). The Morgan fingerprint density at radius 1 is 1.53 bits per heavy atom. The lowest BCUT2D eigenvalue weighted by molar-refractivity contribution is -0.131. The Hall–Kier alpha value is -1.39. The first-order chi connectivity index (χ1) is 7.86. The number of carbonyl (C=O) groups is 1. The Morgan fingerprint density at radius 2 is 2.18 bits per heavy atom. The molecule has 0 fully saturated rings. The number of nitrogens with two attached hydrogens (primary N) is 1. The molecule has 4 heteroatoms. The van der Waals surface area contributed by atoms with Crippen LogP contribution in [0.2, 0.25) is 0 Å². The summed E-state index contributed by atoms with van der Waals surface area (Å²) in [6.07, 6.45) is 0. The number of rotatable bonds is 4. The van der Waals surface area contributed by atoms with Gasteiger partial charge in [0.2, 0.25) is 0 Å². The quantitative estimate of drug-likeness (QED) is 0.616. The van der Waals surface area contributed by atoms with Crippen LogP contribution in [0.3, 0.4) is 0 Å². The molecule has 94 valence electrons. The minimum absolute atomic E-state index is 0.00798. The van der Waals surface area contributed by atoms with Crippen LogP contribution < -0.4 is 10.5 Å². The number of aliphatic hydroxyl groups excluding tert-OH is 1. The van der Waals surface area contributed by atoms with Gasteiger partial charge in [-0.15, -0.1) is 0 Å². The first-order valence-corrected chi connectivity index (χ1v) is 5.51. The summed E-state index contributed by atoms with van der Waals surface area (Å²) in [6, 6.07) is 6.74. The fourth-order valence-electron chi connectivity index (χ4n) is 1.49. The first-order valence-electron chi connectivity index (χ1n) is 5.51. The average molecular weight is 237 g/mol. The van der Waals surface area contributed by atoms with Crippen LogP contribution in [0.15, 0.2) is 24.3 Å². The van der Waals surface area contributed by atoms with Crippen LogP contribution >= 0.6 is 0 Å². The highest BCUT2D eigenvalue weighted by molar-refractivity contribution is 5.69. The summed E-state index contributed by atoms with van der Waals surface area (Å²) in [6.45, 7) is 5.11. The highest BCUT2D eigenvalue weighted by atomic mass is 16.5. The minimum Gasteiger partial charge on any atom is -0.427 e. The second-order valence-corrected chi connectivity index (χ2v) is 4.79. The summed E-state index contributed by atoms with van der Waals surface area (Å²) >= 11 is 0. The van der Waals surface area contributed by atoms with E-state index >= 15 is 0 Å². The van der Waals surface area contributed by atoms with Gasteiger partial charge in [-0.2, -0.15) is 0 Å². The van der Waals surface area contributed by atoms with Gasteiger partial charge in [0.1, 0.15) is 5.75 Å². The standard InChI is InChI=1S/C13H19NO3/c1-9(16)17-11-6-4-5-10(7-11)12(14)13(2,3)8-15/h4-7,12,15H,8,14H2,1-3H3/t12-/m0/s1. The van der Waals surface area contributed by atoms with Crippen molar-refractivity contribution in [1.29, 1.82) is 0 Å². The van der Waals surface area contributed by atoms with E-state index in [0.717, 1.165) is 5.56 Å². The average Bonchev–Trinajstić information content (AvgIpc) is 2.27. The monoisotopic (exact) mass is 237 g/mol. The lowest BCUT2D eigenvalue weighted by Crippen LogP contribution is -2.32. The van der Waals surface area contributed by atoms with Gasteiger partial charge in [0.05, 0.1) is 0 Å². The van der Waals surface area contributed by atoms with Gasteiger partial charge in [-0.3, -0.25) is 4.79 Å². The number of aliphatic hydroxyl groups is 1. The van der Waals surface area contributed by atoms with E-state index in [2.05, 4.69) is 0 Å². The molecular weight excluding hydrogens is 218 g/mol. The van der Waals surface area contributed by atoms with Gasteiger partial charge in [-0.1, -0.05) is 26.0 Å². The third kappa shape index (κ3) is 3.54. The van der Waals surface area contributed by atoms with E-state index in [9.17, 15) is 9.90 Å². The molecule has 0 saturated carbocycles. The van der Waals surface area contributed by atoms with Gasteiger partial charge in [0.25, 0.3) is 0 Å². The Labute approximate surface area is 101 Å². The van der Waals surface area contributed by atoms with Crippen LogP contribution in [-0.4, -0.2) is 17.7 Å². The molecule has 0 heterocycles. The molecule has 0 radical (unpaired) electrons. The van der Waals surface area contributed by atoms with Crippen molar-refractivity contribution < 1.29 is 14.6 Å². The van der Waals surface area contributed by atoms with Gasteiger partial charge < -0.3 is 15.6 Å². The Balaban J connectivity index is 2.95. The molecule has 0 saturated heterocycles. The zero-order valence-electron chi connectivity index (χ0n) is 10.4. The number of benzene rings is 1. The molecule has 0 unspecified atom stereocenters. The summed E-state index contributed by atoms with van der Waals surface area (Å²) in [5.41, 5.74) is 6.50. The van der Waals surface area contributed by atoms with Crippen molar-refractivity contribution in [3.8, 4) is 5.75 Å². The molecule has 4 nitrogen and oxygen atoms in total. The summed E-state index contributed by atoms with van der Waals surface area (Å²) in [5, 5.41) is 9.28. The maximum atomic E-state index is 10.9. The Bertz CT molecular complexity index is 401. The van der Waals surface area contributed by atoms with Crippen molar-refractivity contribution in [2.24, 2.45) is 11.1 Å². The van der Waals surface area contributed by atoms with E-state index in [1.165, 1.54) is 6.92 Å². The van der Waals surface area contributed by atoms with E-state index in [4.69, 9.17) is 10.5 Å². The van der Waals surface area contributed by atoms with Crippen LogP contribution in [0.25, 0.3) is 0 Å². The molecule has 0 aromatic heterocycles. The number of carbonyl (C=O) groups excluding carboxylic acids is 1. The van der Waals surface area contributed by atoms with Crippen LogP contribution in [0.1, 0.15) is 32.4 Å². The maximum absolute atomic E-state index is 10.9. The van der Waals surface area contributed by atoms with Crippen molar-refractivity contribution in [1.82, 2.24) is 0 Å². The molecule has 17 heavy (non-hydrogen) atoms. The van der Waals surface area contributed by atoms with Gasteiger partial charge in [-0.05, 0) is 17.7 Å². The van der Waals surface area contributed by atoms with Gasteiger partial charge in [-0.25, -0.2) is 0 Å². The zero-order chi connectivity index (χ0) is 13.1. The topological polar surface area (TPSA) is 72.5 Å². The van der Waals surface area contributed by atoms with Crippen molar-refractivity contribution in [2.45, 2.75) is 26.8 Å². The van der Waals surface area contributed by atoms with E-state index in [1.54, 1.807) is 18.2 Å². The highest BCUT2D eigenvalue weighted by Crippen LogP contribution is 2.32. The van der Waals surface area contributed by atoms with Crippen molar-refractivity contribution >= 4 is 5.97 Å². The van der Waals surface area contributed by atoms with Crippen molar-refractivity contribution in [3.05, 3.63) is 29.8 Å². The third-order valence-electron chi connectivity index (χ3n) is 2.73. The van der Waals surface area contributed by atoms with Crippen LogP contribution in [-0.2, 0) is 4.79 Å². The summed E-state index contributed by atoms with van der Waals surface area (Å²) < 4.78 is 4.99. The minimum atomic E-state index is -0.422. The zero-order valence-corrected chi connectivity index (χ0v) is 10.4.